The van der Waals surface area contributed by atoms with Crippen molar-refractivity contribution in [1.82, 2.24) is 15.1 Å². The van der Waals surface area contributed by atoms with Crippen molar-refractivity contribution in [3.8, 4) is 0 Å². The van der Waals surface area contributed by atoms with E-state index >= 15 is 0 Å². The number of carboxylic acids is 1. The van der Waals surface area contributed by atoms with Crippen molar-refractivity contribution >= 4 is 34.5 Å². The van der Waals surface area contributed by atoms with E-state index in [1.807, 2.05) is 6.07 Å². The molecule has 1 amide bonds. The summed E-state index contributed by atoms with van der Waals surface area (Å²) in [6, 6.07) is 5.12. The predicted molar refractivity (Wildman–Crippen MR) is 80.5 cm³/mol. The molecule has 6 nitrogen and oxygen atoms in total. The van der Waals surface area contributed by atoms with Gasteiger partial charge in [-0.2, -0.15) is 16.9 Å². The molecule has 0 bridgehead atoms. The molecule has 2 heterocycles. The number of hydrogen-bond donors (Lipinski definition) is 2. The molecule has 1 aromatic carbocycles. The first-order chi connectivity index (χ1) is 10.1. The third kappa shape index (κ3) is 2.87. The average molecular weight is 305 g/mol. The van der Waals surface area contributed by atoms with Crippen molar-refractivity contribution in [2.45, 2.75) is 12.5 Å². The molecule has 0 saturated carbocycles. The van der Waals surface area contributed by atoms with Crippen molar-refractivity contribution in [2.75, 3.05) is 18.1 Å². The molecule has 1 saturated heterocycles. The Morgan fingerprint density at radius 2 is 2.33 bits per heavy atom. The zero-order valence-electron chi connectivity index (χ0n) is 11.3. The average Bonchev–Trinajstić information content (AvgIpc) is 2.94. The van der Waals surface area contributed by atoms with Crippen molar-refractivity contribution < 1.29 is 14.7 Å². The number of carbonyl (C=O) groups excluding carboxylic acids is 1. The first-order valence-electron chi connectivity index (χ1n) is 6.69. The standard InChI is InChI=1S/C14H15N3O3S/c18-13(19)6-11-8-21-4-3-17(11)14(20)9-1-2-12-10(5-9)7-15-16-12/h1-2,5,7,11H,3-4,6,8H2,(H,15,16)(H,18,19)/t11-/m0/s1. The number of hydrogen-bond acceptors (Lipinski definition) is 4. The zero-order chi connectivity index (χ0) is 14.8. The first-order valence-corrected chi connectivity index (χ1v) is 7.84. The molecule has 1 aromatic heterocycles. The minimum absolute atomic E-state index is 0.00725. The number of nitrogens with zero attached hydrogens (tertiary/aromatic N) is 2. The maximum Gasteiger partial charge on any atom is 0.305 e. The van der Waals surface area contributed by atoms with E-state index in [4.69, 9.17) is 5.11 Å². The van der Waals surface area contributed by atoms with Crippen LogP contribution in [0.5, 0.6) is 0 Å². The van der Waals surface area contributed by atoms with Crippen LogP contribution in [0.25, 0.3) is 10.9 Å². The van der Waals surface area contributed by atoms with Crippen LogP contribution in [-0.4, -0.2) is 56.2 Å². The predicted octanol–water partition coefficient (Wildman–Crippen LogP) is 1.60. The lowest BCUT2D eigenvalue weighted by Gasteiger charge is -2.34. The summed E-state index contributed by atoms with van der Waals surface area (Å²) in [5.74, 6) is 0.539. The fraction of sp³-hybridized carbons (Fsp3) is 0.357. The minimum Gasteiger partial charge on any atom is -0.481 e. The summed E-state index contributed by atoms with van der Waals surface area (Å²) in [6.07, 6.45) is 1.67. The number of rotatable bonds is 3. The summed E-state index contributed by atoms with van der Waals surface area (Å²) < 4.78 is 0. The third-order valence-electron chi connectivity index (χ3n) is 3.59. The van der Waals surface area contributed by atoms with Gasteiger partial charge in [-0.15, -0.1) is 0 Å². The Bertz CT molecular complexity index is 685. The molecule has 0 aliphatic carbocycles. The summed E-state index contributed by atoms with van der Waals surface area (Å²) in [4.78, 5) is 25.3. The van der Waals surface area contributed by atoms with Crippen LogP contribution in [-0.2, 0) is 4.79 Å². The van der Waals surface area contributed by atoms with Gasteiger partial charge in [0.15, 0.2) is 0 Å². The van der Waals surface area contributed by atoms with Gasteiger partial charge in [0.25, 0.3) is 5.91 Å². The van der Waals surface area contributed by atoms with Crippen molar-refractivity contribution in [3.63, 3.8) is 0 Å². The quantitative estimate of drug-likeness (QED) is 0.899. The van der Waals surface area contributed by atoms with Gasteiger partial charge in [-0.25, -0.2) is 0 Å². The van der Waals surface area contributed by atoms with Crippen LogP contribution in [0.3, 0.4) is 0 Å². The summed E-state index contributed by atoms with van der Waals surface area (Å²) in [7, 11) is 0. The highest BCUT2D eigenvalue weighted by Crippen LogP contribution is 2.22. The van der Waals surface area contributed by atoms with E-state index < -0.39 is 5.97 Å². The number of thioether (sulfide) groups is 1. The van der Waals surface area contributed by atoms with Crippen molar-refractivity contribution in [3.05, 3.63) is 30.0 Å². The molecule has 3 rings (SSSR count). The van der Waals surface area contributed by atoms with Crippen LogP contribution in [0, 0.1) is 0 Å². The number of H-pyrrole nitrogens is 1. The Kier molecular flexibility index (Phi) is 3.83. The van der Waals surface area contributed by atoms with E-state index in [2.05, 4.69) is 10.2 Å². The maximum absolute atomic E-state index is 12.7. The van der Waals surface area contributed by atoms with Crippen LogP contribution in [0.1, 0.15) is 16.8 Å². The number of nitrogens with one attached hydrogen (secondary N) is 1. The van der Waals surface area contributed by atoms with Crippen LogP contribution < -0.4 is 0 Å². The Balaban J connectivity index is 1.85. The fourth-order valence-electron chi connectivity index (χ4n) is 2.53. The molecule has 21 heavy (non-hydrogen) atoms. The Labute approximate surface area is 125 Å². The molecular weight excluding hydrogens is 290 g/mol. The molecule has 7 heteroatoms. The number of carbonyl (C=O) groups is 2. The molecule has 110 valence electrons. The highest BCUT2D eigenvalue weighted by Gasteiger charge is 2.29. The molecule has 1 aliphatic rings. The monoisotopic (exact) mass is 305 g/mol. The zero-order valence-corrected chi connectivity index (χ0v) is 12.1. The summed E-state index contributed by atoms with van der Waals surface area (Å²) in [5, 5.41) is 16.6. The largest absolute Gasteiger partial charge is 0.481 e. The summed E-state index contributed by atoms with van der Waals surface area (Å²) in [6.45, 7) is 0.588. The molecule has 0 radical (unpaired) electrons. The number of amides is 1. The second-order valence-corrected chi connectivity index (χ2v) is 6.15. The summed E-state index contributed by atoms with van der Waals surface area (Å²) in [5.41, 5.74) is 1.45. The molecule has 1 fully saturated rings. The van der Waals surface area contributed by atoms with E-state index in [9.17, 15) is 9.59 Å². The van der Waals surface area contributed by atoms with Crippen LogP contribution in [0.4, 0.5) is 0 Å². The summed E-state index contributed by atoms with van der Waals surface area (Å²) >= 11 is 1.69. The number of aliphatic carboxylic acids is 1. The Morgan fingerprint density at radius 3 is 3.14 bits per heavy atom. The van der Waals surface area contributed by atoms with E-state index in [-0.39, 0.29) is 18.4 Å². The molecule has 0 spiro atoms. The second kappa shape index (κ2) is 5.77. The van der Waals surface area contributed by atoms with E-state index in [1.165, 1.54) is 0 Å². The number of aromatic nitrogens is 2. The lowest BCUT2D eigenvalue weighted by molar-refractivity contribution is -0.138. The Morgan fingerprint density at radius 1 is 1.48 bits per heavy atom. The molecule has 1 atom stereocenters. The van der Waals surface area contributed by atoms with E-state index in [0.717, 1.165) is 16.7 Å². The van der Waals surface area contributed by atoms with Gasteiger partial charge in [0.1, 0.15) is 0 Å². The van der Waals surface area contributed by atoms with Gasteiger partial charge in [0.05, 0.1) is 24.2 Å². The van der Waals surface area contributed by atoms with Crippen LogP contribution >= 0.6 is 11.8 Å². The molecule has 0 unspecified atom stereocenters. The Hall–Kier alpha value is -2.02. The normalized spacial score (nSPS) is 18.9. The van der Waals surface area contributed by atoms with E-state index in [0.29, 0.717) is 17.9 Å². The third-order valence-corrected chi connectivity index (χ3v) is 4.68. The highest BCUT2D eigenvalue weighted by atomic mass is 32.2. The van der Waals surface area contributed by atoms with Crippen LogP contribution in [0.15, 0.2) is 24.4 Å². The fourth-order valence-corrected chi connectivity index (χ4v) is 3.60. The lowest BCUT2D eigenvalue weighted by Crippen LogP contribution is -2.47. The van der Waals surface area contributed by atoms with Gasteiger partial charge in [-0.05, 0) is 18.2 Å². The second-order valence-electron chi connectivity index (χ2n) is 5.00. The maximum atomic E-state index is 12.7. The van der Waals surface area contributed by atoms with E-state index in [1.54, 1.807) is 35.0 Å². The molecule has 2 aromatic rings. The number of benzene rings is 1. The number of aromatic amines is 1. The van der Waals surface area contributed by atoms with Gasteiger partial charge in [-0.1, -0.05) is 0 Å². The van der Waals surface area contributed by atoms with Crippen molar-refractivity contribution in [2.24, 2.45) is 0 Å². The smallest absolute Gasteiger partial charge is 0.305 e. The highest BCUT2D eigenvalue weighted by molar-refractivity contribution is 7.99. The van der Waals surface area contributed by atoms with Crippen LogP contribution in [0.2, 0.25) is 0 Å². The van der Waals surface area contributed by atoms with Gasteiger partial charge in [0, 0.05) is 29.0 Å². The topological polar surface area (TPSA) is 86.3 Å². The lowest BCUT2D eigenvalue weighted by atomic mass is 10.1. The molecular formula is C14H15N3O3S. The number of carboxylic acid groups (broad SMARTS) is 1. The first kappa shape index (κ1) is 13.9. The van der Waals surface area contributed by atoms with Gasteiger partial charge in [-0.3, -0.25) is 14.7 Å². The van der Waals surface area contributed by atoms with Crippen molar-refractivity contribution in [1.29, 1.82) is 0 Å². The van der Waals surface area contributed by atoms with Gasteiger partial charge >= 0.3 is 5.97 Å². The number of fused-ring (bicyclic) bond motifs is 1. The van der Waals surface area contributed by atoms with Gasteiger partial charge < -0.3 is 10.0 Å². The van der Waals surface area contributed by atoms with Gasteiger partial charge in [0.2, 0.25) is 0 Å². The molecule has 1 aliphatic heterocycles. The SMILES string of the molecule is O=C(O)C[C@H]1CSCCN1C(=O)c1ccc2[nH]ncc2c1. The molecule has 2 N–H and O–H groups in total. The minimum atomic E-state index is -0.870.